The molecule has 250 valence electrons. The molecule has 15 heteroatoms. The number of aromatic nitrogens is 2. The Balaban J connectivity index is 1.51. The highest BCUT2D eigenvalue weighted by atomic mass is 19.4. The number of halogens is 4. The molecule has 1 aliphatic heterocycles. The van der Waals surface area contributed by atoms with Crippen LogP contribution in [0.4, 0.5) is 33.0 Å². The topological polar surface area (TPSA) is 116 Å². The second-order valence-electron chi connectivity index (χ2n) is 11.6. The maximum atomic E-state index is 15.2. The second-order valence-corrected chi connectivity index (χ2v) is 11.6. The van der Waals surface area contributed by atoms with Crippen molar-refractivity contribution < 1.29 is 46.1 Å². The maximum Gasteiger partial charge on any atom is 0.573 e. The number of amides is 3. The molecule has 0 radical (unpaired) electrons. The minimum absolute atomic E-state index is 0.0608. The second kappa shape index (κ2) is 14.3. The Morgan fingerprint density at radius 2 is 1.80 bits per heavy atom. The predicted molar refractivity (Wildman–Crippen MR) is 160 cm³/mol. The van der Waals surface area contributed by atoms with Gasteiger partial charge in [-0.1, -0.05) is 24.3 Å². The molecule has 2 aromatic carbocycles. The van der Waals surface area contributed by atoms with Crippen molar-refractivity contribution >= 4 is 17.9 Å². The van der Waals surface area contributed by atoms with Crippen LogP contribution in [0.15, 0.2) is 48.5 Å². The van der Waals surface area contributed by atoms with E-state index in [-0.39, 0.29) is 49.9 Å². The number of para-hydroxylation sites is 1. The smallest absolute Gasteiger partial charge is 0.470 e. The van der Waals surface area contributed by atoms with Crippen LogP contribution in [0.2, 0.25) is 0 Å². The zero-order valence-corrected chi connectivity index (χ0v) is 26.1. The van der Waals surface area contributed by atoms with Gasteiger partial charge in [-0.3, -0.25) is 5.32 Å². The summed E-state index contributed by atoms with van der Waals surface area (Å²) in [6.45, 7) is 6.63. The molecule has 2 unspecified atom stereocenters. The van der Waals surface area contributed by atoms with Crippen molar-refractivity contribution in [2.75, 3.05) is 25.5 Å². The van der Waals surface area contributed by atoms with Gasteiger partial charge in [-0.2, -0.15) is 0 Å². The number of piperidine rings is 1. The highest BCUT2D eigenvalue weighted by Crippen LogP contribution is 2.32. The van der Waals surface area contributed by atoms with Gasteiger partial charge in [0.15, 0.2) is 6.17 Å². The molecule has 46 heavy (non-hydrogen) atoms. The van der Waals surface area contributed by atoms with Crippen LogP contribution in [0.5, 0.6) is 11.6 Å². The van der Waals surface area contributed by atoms with Crippen LogP contribution < -0.4 is 20.1 Å². The van der Waals surface area contributed by atoms with Crippen LogP contribution in [0.1, 0.15) is 43.9 Å². The lowest BCUT2D eigenvalue weighted by Gasteiger charge is -2.35. The largest absolute Gasteiger partial charge is 0.573 e. The highest BCUT2D eigenvalue weighted by molar-refractivity contribution is 5.89. The van der Waals surface area contributed by atoms with Crippen LogP contribution in [-0.4, -0.2) is 71.2 Å². The Labute approximate surface area is 263 Å². The summed E-state index contributed by atoms with van der Waals surface area (Å²) in [6.07, 6.45) is -7.83. The molecule has 1 aromatic heterocycles. The van der Waals surface area contributed by atoms with Crippen molar-refractivity contribution in [2.45, 2.75) is 71.5 Å². The standard InChI is InChI=1S/C31H37F4N5O6/c1-19-26(37-28(41)36-16-21-15-20(18-43-5)11-12-24(21)45-31(33,34)35)40(22-9-7-6-8-10-22)38-27(19)44-25-13-14-39(17-23(25)32)29(42)46-30(2,3)4/h6-12,15,23,25H,13-14,16-18H2,1-5H3,(H2,36,37,41). The van der Waals surface area contributed by atoms with Gasteiger partial charge in [0.25, 0.3) is 0 Å². The summed E-state index contributed by atoms with van der Waals surface area (Å²) in [6, 6.07) is 12.1. The van der Waals surface area contributed by atoms with E-state index in [9.17, 15) is 22.8 Å². The summed E-state index contributed by atoms with van der Waals surface area (Å²) in [4.78, 5) is 26.8. The summed E-state index contributed by atoms with van der Waals surface area (Å²) in [5.74, 6) is -0.210. The van der Waals surface area contributed by atoms with E-state index in [1.54, 1.807) is 58.0 Å². The van der Waals surface area contributed by atoms with E-state index >= 15 is 4.39 Å². The third-order valence-electron chi connectivity index (χ3n) is 6.81. The van der Waals surface area contributed by atoms with E-state index in [0.717, 1.165) is 6.07 Å². The van der Waals surface area contributed by atoms with Crippen molar-refractivity contribution in [1.82, 2.24) is 20.0 Å². The van der Waals surface area contributed by atoms with E-state index in [2.05, 4.69) is 20.5 Å². The molecular formula is C31H37F4N5O6. The first kappa shape index (κ1) is 34.3. The number of nitrogens with zero attached hydrogens (tertiary/aromatic N) is 3. The van der Waals surface area contributed by atoms with Crippen molar-refractivity contribution in [3.05, 3.63) is 65.2 Å². The molecule has 0 bridgehead atoms. The monoisotopic (exact) mass is 651 g/mol. The lowest BCUT2D eigenvalue weighted by Crippen LogP contribution is -2.50. The summed E-state index contributed by atoms with van der Waals surface area (Å²) in [5, 5.41) is 9.73. The number of carbonyl (C=O) groups excluding carboxylic acids is 2. The fourth-order valence-corrected chi connectivity index (χ4v) is 4.72. The van der Waals surface area contributed by atoms with E-state index in [4.69, 9.17) is 14.2 Å². The maximum absolute atomic E-state index is 15.2. The van der Waals surface area contributed by atoms with E-state index in [1.165, 1.54) is 28.8 Å². The van der Waals surface area contributed by atoms with E-state index < -0.39 is 42.1 Å². The van der Waals surface area contributed by atoms with Crippen molar-refractivity contribution in [3.63, 3.8) is 0 Å². The Morgan fingerprint density at radius 3 is 2.43 bits per heavy atom. The Kier molecular flexibility index (Phi) is 10.7. The fraction of sp³-hybridized carbons (Fsp3) is 0.452. The molecule has 3 amide bonds. The van der Waals surface area contributed by atoms with Crippen LogP contribution in [0, 0.1) is 6.92 Å². The van der Waals surface area contributed by atoms with Gasteiger partial charge >= 0.3 is 18.5 Å². The fourth-order valence-electron chi connectivity index (χ4n) is 4.72. The molecule has 11 nitrogen and oxygen atoms in total. The number of carbonyl (C=O) groups is 2. The SMILES string of the molecule is COCc1ccc(OC(F)(F)F)c(CNC(=O)Nc2c(C)c(OC3CCN(C(=O)OC(C)(C)C)CC3F)nn2-c2ccccc2)c1. The number of benzene rings is 2. The van der Waals surface area contributed by atoms with Crippen molar-refractivity contribution in [2.24, 2.45) is 0 Å². The van der Waals surface area contributed by atoms with Gasteiger partial charge in [-0.05, 0) is 57.5 Å². The Hall–Kier alpha value is -4.53. The van der Waals surface area contributed by atoms with Gasteiger partial charge in [0.1, 0.15) is 23.3 Å². The van der Waals surface area contributed by atoms with Gasteiger partial charge in [-0.15, -0.1) is 18.3 Å². The number of anilines is 1. The molecule has 0 aliphatic carbocycles. The minimum Gasteiger partial charge on any atom is -0.470 e. The number of methoxy groups -OCH3 is 1. The Bertz CT molecular complexity index is 1510. The average Bonchev–Trinajstić information content (AvgIpc) is 3.27. The molecule has 3 aromatic rings. The highest BCUT2D eigenvalue weighted by Gasteiger charge is 2.36. The number of likely N-dealkylation sites (tertiary alicyclic amines) is 1. The number of alkyl halides is 4. The van der Waals surface area contributed by atoms with Crippen LogP contribution in [-0.2, 0) is 22.6 Å². The normalized spacial score (nSPS) is 16.9. The predicted octanol–water partition coefficient (Wildman–Crippen LogP) is 6.27. The third kappa shape index (κ3) is 9.25. The quantitative estimate of drug-likeness (QED) is 0.262. The zero-order chi connectivity index (χ0) is 33.6. The lowest BCUT2D eigenvalue weighted by molar-refractivity contribution is -0.274. The number of hydrogen-bond acceptors (Lipinski definition) is 7. The number of ether oxygens (including phenoxy) is 4. The minimum atomic E-state index is -4.93. The summed E-state index contributed by atoms with van der Waals surface area (Å²) < 4.78 is 76.2. The molecule has 1 fully saturated rings. The van der Waals surface area contributed by atoms with Gasteiger partial charge in [0, 0.05) is 32.2 Å². The van der Waals surface area contributed by atoms with Crippen molar-refractivity contribution in [3.8, 4) is 17.3 Å². The van der Waals surface area contributed by atoms with Crippen LogP contribution in [0.3, 0.4) is 0 Å². The summed E-state index contributed by atoms with van der Waals surface area (Å²) in [7, 11) is 1.45. The molecule has 2 heterocycles. The lowest BCUT2D eigenvalue weighted by atomic mass is 10.1. The van der Waals surface area contributed by atoms with Gasteiger partial charge < -0.3 is 29.2 Å². The zero-order valence-electron chi connectivity index (χ0n) is 26.1. The first-order valence-electron chi connectivity index (χ1n) is 14.5. The molecule has 0 saturated carbocycles. The summed E-state index contributed by atoms with van der Waals surface area (Å²) in [5.41, 5.74) is 0.869. The molecule has 2 atom stereocenters. The number of hydrogen-bond donors (Lipinski definition) is 2. The number of rotatable bonds is 9. The van der Waals surface area contributed by atoms with Crippen LogP contribution in [0.25, 0.3) is 5.69 Å². The third-order valence-corrected chi connectivity index (χ3v) is 6.81. The first-order chi connectivity index (χ1) is 21.6. The molecule has 2 N–H and O–H groups in total. The summed E-state index contributed by atoms with van der Waals surface area (Å²) >= 11 is 0. The molecule has 0 spiro atoms. The van der Waals surface area contributed by atoms with Gasteiger partial charge in [0.2, 0.25) is 5.88 Å². The molecular weight excluding hydrogens is 614 g/mol. The van der Waals surface area contributed by atoms with Gasteiger partial charge in [-0.25, -0.2) is 18.7 Å². The number of nitrogens with one attached hydrogen (secondary N) is 2. The average molecular weight is 652 g/mol. The van der Waals surface area contributed by atoms with Crippen molar-refractivity contribution in [1.29, 1.82) is 0 Å². The number of urea groups is 1. The molecule has 1 saturated heterocycles. The molecule has 4 rings (SSSR count). The first-order valence-corrected chi connectivity index (χ1v) is 14.5. The molecule has 1 aliphatic rings. The van der Waals surface area contributed by atoms with Crippen LogP contribution >= 0.6 is 0 Å². The Morgan fingerprint density at radius 1 is 1.09 bits per heavy atom. The van der Waals surface area contributed by atoms with Gasteiger partial charge in [0.05, 0.1) is 24.4 Å². The van der Waals surface area contributed by atoms with E-state index in [1.807, 2.05) is 0 Å². The van der Waals surface area contributed by atoms with E-state index in [0.29, 0.717) is 16.8 Å².